The molecule has 1 unspecified atom stereocenters. The van der Waals surface area contributed by atoms with E-state index in [1.165, 1.54) is 23.1 Å². The molecule has 1 aliphatic rings. The third-order valence-corrected chi connectivity index (χ3v) is 8.60. The number of benzene rings is 2. The molecule has 1 N–H and O–H groups in total. The predicted octanol–water partition coefficient (Wildman–Crippen LogP) is 5.02. The van der Waals surface area contributed by atoms with E-state index >= 15 is 0 Å². The molecule has 208 valence electrons. The molecule has 0 heterocycles. The highest BCUT2D eigenvalue weighted by atomic mass is 35.5. The van der Waals surface area contributed by atoms with Gasteiger partial charge in [0.05, 0.1) is 29.1 Å². The summed E-state index contributed by atoms with van der Waals surface area (Å²) in [6.07, 6.45) is 6.48. The number of nitrogens with zero attached hydrogens (tertiary/aromatic N) is 2. The van der Waals surface area contributed by atoms with Crippen LogP contribution in [0.3, 0.4) is 0 Å². The molecule has 0 bridgehead atoms. The average molecular weight is 585 g/mol. The van der Waals surface area contributed by atoms with Gasteiger partial charge in [-0.2, -0.15) is 0 Å². The molecule has 2 amide bonds. The monoisotopic (exact) mass is 583 g/mol. The van der Waals surface area contributed by atoms with Crippen LogP contribution < -0.4 is 14.4 Å². The summed E-state index contributed by atoms with van der Waals surface area (Å²) >= 11 is 12.1. The Hall–Kier alpha value is -2.49. The number of sulfonamides is 1. The molecular weight excluding hydrogens is 549 g/mol. The smallest absolute Gasteiger partial charge is 0.244 e. The normalized spacial score (nSPS) is 15.0. The van der Waals surface area contributed by atoms with Crippen LogP contribution in [0.2, 0.25) is 10.0 Å². The molecule has 2 aromatic carbocycles. The van der Waals surface area contributed by atoms with E-state index in [-0.39, 0.29) is 34.2 Å². The molecule has 0 aromatic heterocycles. The van der Waals surface area contributed by atoms with Gasteiger partial charge < -0.3 is 15.0 Å². The molecule has 38 heavy (non-hydrogen) atoms. The zero-order valence-corrected chi connectivity index (χ0v) is 24.3. The molecule has 2 aromatic rings. The first-order valence-electron chi connectivity index (χ1n) is 12.7. The Labute approximate surface area is 235 Å². The van der Waals surface area contributed by atoms with Gasteiger partial charge in [0.15, 0.2) is 0 Å². The number of amides is 2. The van der Waals surface area contributed by atoms with Crippen molar-refractivity contribution in [1.82, 2.24) is 10.2 Å². The maximum absolute atomic E-state index is 13.8. The summed E-state index contributed by atoms with van der Waals surface area (Å²) in [5.74, 6) is -0.0822. The maximum Gasteiger partial charge on any atom is 0.244 e. The number of rotatable bonds is 11. The first-order valence-corrected chi connectivity index (χ1v) is 15.3. The SMILES string of the molecule is CCC(C(=O)NC1CCCCC1)N(Cc1ccc(OC)cc1)C(=O)CN(c1ccc(Cl)c(Cl)c1)S(C)(=O)=O. The molecule has 1 saturated carbocycles. The van der Waals surface area contributed by atoms with Gasteiger partial charge in [-0.15, -0.1) is 0 Å². The minimum Gasteiger partial charge on any atom is -0.497 e. The molecular formula is C27H35Cl2N3O5S. The van der Waals surface area contributed by atoms with Crippen molar-refractivity contribution in [3.8, 4) is 5.75 Å². The van der Waals surface area contributed by atoms with Crippen molar-refractivity contribution < 1.29 is 22.7 Å². The number of methoxy groups -OCH3 is 1. The number of carbonyl (C=O) groups excluding carboxylic acids is 2. The van der Waals surface area contributed by atoms with E-state index in [1.54, 1.807) is 19.2 Å². The zero-order chi connectivity index (χ0) is 27.9. The number of anilines is 1. The van der Waals surface area contributed by atoms with Crippen molar-refractivity contribution in [3.63, 3.8) is 0 Å². The Bertz CT molecular complexity index is 1220. The quantitative estimate of drug-likeness (QED) is 0.400. The number of ether oxygens (including phenoxy) is 1. The van der Waals surface area contributed by atoms with Crippen LogP contribution in [0.15, 0.2) is 42.5 Å². The van der Waals surface area contributed by atoms with Crippen molar-refractivity contribution in [2.75, 3.05) is 24.2 Å². The third-order valence-electron chi connectivity index (χ3n) is 6.72. The Kier molecular flexibility index (Phi) is 10.7. The number of hydrogen-bond donors (Lipinski definition) is 1. The molecule has 0 aliphatic heterocycles. The second-order valence-electron chi connectivity index (χ2n) is 9.51. The van der Waals surface area contributed by atoms with E-state index in [1.807, 2.05) is 19.1 Å². The van der Waals surface area contributed by atoms with Crippen LogP contribution in [0.25, 0.3) is 0 Å². The molecule has 3 rings (SSSR count). The van der Waals surface area contributed by atoms with Crippen molar-refractivity contribution in [2.45, 2.75) is 64.1 Å². The number of carbonyl (C=O) groups is 2. The molecule has 0 spiro atoms. The van der Waals surface area contributed by atoms with E-state index < -0.39 is 28.5 Å². The van der Waals surface area contributed by atoms with Crippen LogP contribution in [0.5, 0.6) is 5.75 Å². The molecule has 11 heteroatoms. The second-order valence-corrected chi connectivity index (χ2v) is 12.2. The van der Waals surface area contributed by atoms with E-state index in [4.69, 9.17) is 27.9 Å². The summed E-state index contributed by atoms with van der Waals surface area (Å²) in [5.41, 5.74) is 0.989. The van der Waals surface area contributed by atoms with E-state index in [2.05, 4.69) is 5.32 Å². The Morgan fingerprint density at radius 1 is 1.05 bits per heavy atom. The van der Waals surface area contributed by atoms with Gasteiger partial charge in [0, 0.05) is 12.6 Å². The van der Waals surface area contributed by atoms with Crippen LogP contribution in [-0.4, -0.2) is 57.1 Å². The molecule has 0 saturated heterocycles. The van der Waals surface area contributed by atoms with Gasteiger partial charge in [-0.1, -0.05) is 61.5 Å². The summed E-state index contributed by atoms with van der Waals surface area (Å²) in [7, 11) is -2.30. The maximum atomic E-state index is 13.8. The molecule has 8 nitrogen and oxygen atoms in total. The lowest BCUT2D eigenvalue weighted by Gasteiger charge is -2.34. The van der Waals surface area contributed by atoms with Gasteiger partial charge in [0.25, 0.3) is 0 Å². The zero-order valence-electron chi connectivity index (χ0n) is 22.0. The van der Waals surface area contributed by atoms with Gasteiger partial charge in [0.2, 0.25) is 21.8 Å². The summed E-state index contributed by atoms with van der Waals surface area (Å²) in [5, 5.41) is 3.55. The average Bonchev–Trinajstić information content (AvgIpc) is 2.89. The molecule has 0 radical (unpaired) electrons. The highest BCUT2D eigenvalue weighted by Crippen LogP contribution is 2.29. The highest BCUT2D eigenvalue weighted by Gasteiger charge is 2.33. The third kappa shape index (κ3) is 8.01. The van der Waals surface area contributed by atoms with E-state index in [0.717, 1.165) is 48.2 Å². The Morgan fingerprint density at radius 3 is 2.26 bits per heavy atom. The predicted molar refractivity (Wildman–Crippen MR) is 151 cm³/mol. The fourth-order valence-electron chi connectivity index (χ4n) is 4.65. The van der Waals surface area contributed by atoms with Gasteiger partial charge in [-0.3, -0.25) is 13.9 Å². The van der Waals surface area contributed by atoms with Crippen LogP contribution in [0.1, 0.15) is 51.0 Å². The van der Waals surface area contributed by atoms with Gasteiger partial charge >= 0.3 is 0 Å². The first-order chi connectivity index (χ1) is 18.0. The largest absolute Gasteiger partial charge is 0.497 e. The fourth-order valence-corrected chi connectivity index (χ4v) is 5.78. The summed E-state index contributed by atoms with van der Waals surface area (Å²) in [4.78, 5) is 28.7. The first kappa shape index (κ1) is 30.1. The lowest BCUT2D eigenvalue weighted by molar-refractivity contribution is -0.140. The van der Waals surface area contributed by atoms with E-state index in [9.17, 15) is 18.0 Å². The van der Waals surface area contributed by atoms with Gasteiger partial charge in [-0.25, -0.2) is 8.42 Å². The number of nitrogens with one attached hydrogen (secondary N) is 1. The van der Waals surface area contributed by atoms with E-state index in [0.29, 0.717) is 12.2 Å². The van der Waals surface area contributed by atoms with Crippen molar-refractivity contribution in [2.24, 2.45) is 0 Å². The Balaban J connectivity index is 1.92. The lowest BCUT2D eigenvalue weighted by atomic mass is 9.95. The summed E-state index contributed by atoms with van der Waals surface area (Å²) in [6, 6.07) is 10.9. The van der Waals surface area contributed by atoms with Crippen molar-refractivity contribution in [1.29, 1.82) is 0 Å². The minimum atomic E-state index is -3.87. The van der Waals surface area contributed by atoms with Crippen LogP contribution >= 0.6 is 23.2 Å². The molecule has 1 aliphatic carbocycles. The second kappa shape index (κ2) is 13.5. The van der Waals surface area contributed by atoms with Crippen molar-refractivity contribution >= 4 is 50.7 Å². The highest BCUT2D eigenvalue weighted by molar-refractivity contribution is 7.92. The lowest BCUT2D eigenvalue weighted by Crippen LogP contribution is -2.53. The van der Waals surface area contributed by atoms with Gasteiger partial charge in [-0.05, 0) is 55.2 Å². The van der Waals surface area contributed by atoms with Crippen molar-refractivity contribution in [3.05, 3.63) is 58.1 Å². The molecule has 1 fully saturated rings. The van der Waals surface area contributed by atoms with Crippen LogP contribution in [0.4, 0.5) is 5.69 Å². The van der Waals surface area contributed by atoms with Gasteiger partial charge in [0.1, 0.15) is 18.3 Å². The summed E-state index contributed by atoms with van der Waals surface area (Å²) < 4.78 is 31.7. The number of halogens is 2. The van der Waals surface area contributed by atoms with Crippen LogP contribution in [0, 0.1) is 0 Å². The minimum absolute atomic E-state index is 0.0759. The fraction of sp³-hybridized carbons (Fsp3) is 0.481. The topological polar surface area (TPSA) is 96.0 Å². The standard InChI is InChI=1S/C27H35Cl2N3O5S/c1-4-25(27(34)30-20-8-6-5-7-9-20)31(17-19-10-13-22(37-2)14-11-19)26(33)18-32(38(3,35)36)21-12-15-23(28)24(29)16-21/h10-16,20,25H,4-9,17-18H2,1-3H3,(H,30,34). The molecule has 1 atom stereocenters. The summed E-state index contributed by atoms with van der Waals surface area (Å²) in [6.45, 7) is 1.46. The Morgan fingerprint density at radius 2 is 1.71 bits per heavy atom. The number of hydrogen-bond acceptors (Lipinski definition) is 5. The van der Waals surface area contributed by atoms with Crippen LogP contribution in [-0.2, 0) is 26.2 Å².